The molecule has 31 heavy (non-hydrogen) atoms. The molecule has 0 amide bonds. The van der Waals surface area contributed by atoms with E-state index < -0.39 is 12.0 Å². The van der Waals surface area contributed by atoms with Crippen molar-refractivity contribution in [3.8, 4) is 5.88 Å². The molecule has 0 radical (unpaired) electrons. The average molecular weight is 424 g/mol. The quantitative estimate of drug-likeness (QED) is 0.501. The molecule has 2 aromatic rings. The lowest BCUT2D eigenvalue weighted by atomic mass is 10.1. The molecule has 0 aromatic carbocycles. The van der Waals surface area contributed by atoms with Gasteiger partial charge in [-0.3, -0.25) is 9.79 Å². The van der Waals surface area contributed by atoms with Gasteiger partial charge in [-0.2, -0.15) is 0 Å². The van der Waals surface area contributed by atoms with Crippen molar-refractivity contribution in [2.75, 3.05) is 19.0 Å². The minimum Gasteiger partial charge on any atom is -0.481 e. The highest BCUT2D eigenvalue weighted by Crippen LogP contribution is 2.22. The lowest BCUT2D eigenvalue weighted by Crippen LogP contribution is -2.14. The fraction of sp³-hybridized carbons (Fsp3) is 0.391. The molecule has 0 saturated carbocycles. The zero-order valence-corrected chi connectivity index (χ0v) is 17.8. The Kier molecular flexibility index (Phi) is 7.98. The fourth-order valence-corrected chi connectivity index (χ4v) is 3.44. The molecule has 164 valence electrons. The molecule has 8 heteroatoms. The van der Waals surface area contributed by atoms with Gasteiger partial charge in [-0.15, -0.1) is 0 Å². The number of ether oxygens (including phenoxy) is 1. The molecule has 0 fully saturated rings. The van der Waals surface area contributed by atoms with Gasteiger partial charge in [0.05, 0.1) is 19.6 Å². The average Bonchev–Trinajstić information content (AvgIpc) is 2.78. The fourth-order valence-electron chi connectivity index (χ4n) is 3.44. The number of nitrogens with zero attached hydrogens (tertiary/aromatic N) is 3. The van der Waals surface area contributed by atoms with Crippen LogP contribution in [0.1, 0.15) is 48.5 Å². The van der Waals surface area contributed by atoms with Gasteiger partial charge in [0.25, 0.3) is 0 Å². The van der Waals surface area contributed by atoms with E-state index in [0.717, 1.165) is 43.7 Å². The third-order valence-electron chi connectivity index (χ3n) is 5.13. The van der Waals surface area contributed by atoms with Crippen LogP contribution in [0.25, 0.3) is 0 Å². The van der Waals surface area contributed by atoms with Gasteiger partial charge >= 0.3 is 5.97 Å². The molecule has 0 aliphatic carbocycles. The standard InChI is InChI=1S/C23H29N5O3/c1-31-21-10-8-17(15-27-21)20(14-22(29)30)25-13-11-18(24)5-2-6-19-9-7-16-4-3-12-26-23(16)28-19/h7-11,13,15,20H,2-6,12,14,24H2,1H3,(H,26,28)(H,29,30). The normalized spacial score (nSPS) is 14.7. The van der Waals surface area contributed by atoms with Crippen molar-refractivity contribution in [1.82, 2.24) is 9.97 Å². The van der Waals surface area contributed by atoms with E-state index in [9.17, 15) is 9.90 Å². The van der Waals surface area contributed by atoms with Gasteiger partial charge in [0.15, 0.2) is 0 Å². The van der Waals surface area contributed by atoms with E-state index in [0.29, 0.717) is 23.6 Å². The molecular formula is C23H29N5O3. The predicted octanol–water partition coefficient (Wildman–Crippen LogP) is 3.30. The first-order valence-electron chi connectivity index (χ1n) is 10.5. The van der Waals surface area contributed by atoms with Crippen LogP contribution >= 0.6 is 0 Å². The van der Waals surface area contributed by atoms with E-state index in [2.05, 4.69) is 27.4 Å². The zero-order valence-electron chi connectivity index (χ0n) is 17.8. The largest absolute Gasteiger partial charge is 0.481 e. The van der Waals surface area contributed by atoms with Crippen molar-refractivity contribution in [3.63, 3.8) is 0 Å². The summed E-state index contributed by atoms with van der Waals surface area (Å²) in [6, 6.07) is 7.17. The molecule has 1 aliphatic rings. The maximum atomic E-state index is 11.2. The van der Waals surface area contributed by atoms with Crippen LogP contribution in [-0.4, -0.2) is 40.9 Å². The molecule has 4 N–H and O–H groups in total. The summed E-state index contributed by atoms with van der Waals surface area (Å²) in [6.07, 6.45) is 9.43. The van der Waals surface area contributed by atoms with Gasteiger partial charge in [0.2, 0.25) is 5.88 Å². The molecule has 8 nitrogen and oxygen atoms in total. The number of pyridine rings is 2. The van der Waals surface area contributed by atoms with Crippen LogP contribution in [0.15, 0.2) is 47.2 Å². The molecule has 3 rings (SSSR count). The zero-order chi connectivity index (χ0) is 22.1. The van der Waals surface area contributed by atoms with Crippen molar-refractivity contribution < 1.29 is 14.6 Å². The van der Waals surface area contributed by atoms with E-state index in [1.807, 2.05) is 0 Å². The first-order chi connectivity index (χ1) is 15.0. The summed E-state index contributed by atoms with van der Waals surface area (Å²) in [4.78, 5) is 24.4. The van der Waals surface area contributed by atoms with Crippen molar-refractivity contribution in [2.45, 2.75) is 44.6 Å². The summed E-state index contributed by atoms with van der Waals surface area (Å²) in [6.45, 7) is 0.980. The number of anilines is 1. The Bertz CT molecular complexity index is 941. The summed E-state index contributed by atoms with van der Waals surface area (Å²) in [7, 11) is 1.53. The highest BCUT2D eigenvalue weighted by atomic mass is 16.5. The van der Waals surface area contributed by atoms with E-state index >= 15 is 0 Å². The van der Waals surface area contributed by atoms with Gasteiger partial charge in [-0.1, -0.05) is 6.07 Å². The molecule has 0 saturated heterocycles. The number of carboxylic acid groups (broad SMARTS) is 1. The van der Waals surface area contributed by atoms with Crippen LogP contribution in [0, 0.1) is 0 Å². The molecule has 0 spiro atoms. The van der Waals surface area contributed by atoms with E-state index in [1.54, 1.807) is 30.6 Å². The Balaban J connectivity index is 1.53. The number of nitrogens with two attached hydrogens (primary N) is 1. The van der Waals surface area contributed by atoms with Gasteiger partial charge in [-0.05, 0) is 61.4 Å². The molecule has 0 bridgehead atoms. The number of fused-ring (bicyclic) bond motifs is 1. The number of aryl methyl sites for hydroxylation is 2. The number of aliphatic imine (C=N–C) groups is 1. The van der Waals surface area contributed by atoms with Crippen molar-refractivity contribution in [3.05, 3.63) is 59.1 Å². The highest BCUT2D eigenvalue weighted by Gasteiger charge is 2.14. The number of carbonyl (C=O) groups is 1. The molecular weight excluding hydrogens is 394 g/mol. The lowest BCUT2D eigenvalue weighted by molar-refractivity contribution is -0.137. The third kappa shape index (κ3) is 6.80. The summed E-state index contributed by atoms with van der Waals surface area (Å²) < 4.78 is 5.04. The summed E-state index contributed by atoms with van der Waals surface area (Å²) in [5, 5.41) is 12.5. The van der Waals surface area contributed by atoms with Gasteiger partial charge in [0, 0.05) is 36.4 Å². The SMILES string of the molecule is COc1ccc(C(CC(=O)O)N=CC=C(N)CCCc2ccc3c(n2)NCCC3)cn1. The number of nitrogens with one attached hydrogen (secondary N) is 1. The summed E-state index contributed by atoms with van der Waals surface area (Å²) in [5.74, 6) is 0.550. The molecule has 1 unspecified atom stereocenters. The summed E-state index contributed by atoms with van der Waals surface area (Å²) >= 11 is 0. The van der Waals surface area contributed by atoms with Crippen molar-refractivity contribution in [2.24, 2.45) is 10.7 Å². The monoisotopic (exact) mass is 423 g/mol. The van der Waals surface area contributed by atoms with Crippen LogP contribution in [0.3, 0.4) is 0 Å². The smallest absolute Gasteiger partial charge is 0.305 e. The maximum Gasteiger partial charge on any atom is 0.305 e. The van der Waals surface area contributed by atoms with Gasteiger partial charge < -0.3 is 20.9 Å². The molecule has 2 aromatic heterocycles. The lowest BCUT2D eigenvalue weighted by Gasteiger charge is -2.17. The number of hydrogen-bond acceptors (Lipinski definition) is 7. The van der Waals surface area contributed by atoms with Gasteiger partial charge in [0.1, 0.15) is 5.82 Å². The highest BCUT2D eigenvalue weighted by molar-refractivity contribution is 5.73. The van der Waals surface area contributed by atoms with Crippen LogP contribution in [0.2, 0.25) is 0 Å². The Labute approximate surface area is 182 Å². The number of aliphatic carboxylic acids is 1. The first-order valence-corrected chi connectivity index (χ1v) is 10.5. The van der Waals surface area contributed by atoms with E-state index in [1.165, 1.54) is 12.7 Å². The maximum absolute atomic E-state index is 11.2. The van der Waals surface area contributed by atoms with Crippen LogP contribution in [0.5, 0.6) is 5.88 Å². The summed E-state index contributed by atoms with van der Waals surface area (Å²) in [5.41, 5.74) is 9.85. The van der Waals surface area contributed by atoms with E-state index in [4.69, 9.17) is 15.5 Å². The number of hydrogen-bond donors (Lipinski definition) is 3. The van der Waals surface area contributed by atoms with Crippen molar-refractivity contribution in [1.29, 1.82) is 0 Å². The van der Waals surface area contributed by atoms with Crippen molar-refractivity contribution >= 4 is 18.0 Å². The number of carboxylic acids is 1. The number of allylic oxidation sites excluding steroid dienone is 2. The molecule has 3 heterocycles. The van der Waals surface area contributed by atoms with Crippen LogP contribution < -0.4 is 15.8 Å². The van der Waals surface area contributed by atoms with E-state index in [-0.39, 0.29) is 6.42 Å². The predicted molar refractivity (Wildman–Crippen MR) is 121 cm³/mol. The van der Waals surface area contributed by atoms with Crippen LogP contribution in [0.4, 0.5) is 5.82 Å². The molecule has 1 aliphatic heterocycles. The third-order valence-corrected chi connectivity index (χ3v) is 5.13. The Morgan fingerprint density at radius 1 is 1.39 bits per heavy atom. The Morgan fingerprint density at radius 3 is 3.00 bits per heavy atom. The number of aromatic nitrogens is 2. The Morgan fingerprint density at radius 2 is 2.26 bits per heavy atom. The minimum atomic E-state index is -0.929. The number of rotatable bonds is 10. The second-order valence-electron chi connectivity index (χ2n) is 7.48. The van der Waals surface area contributed by atoms with Gasteiger partial charge in [-0.25, -0.2) is 9.97 Å². The minimum absolute atomic E-state index is 0.129. The topological polar surface area (TPSA) is 123 Å². The second-order valence-corrected chi connectivity index (χ2v) is 7.48. The van der Waals surface area contributed by atoms with Crippen LogP contribution in [-0.2, 0) is 17.6 Å². The number of methoxy groups -OCH3 is 1. The Hall–Kier alpha value is -3.42. The second kappa shape index (κ2) is 11.1. The molecule has 1 atom stereocenters. The first kappa shape index (κ1) is 22.3.